The van der Waals surface area contributed by atoms with Crippen molar-refractivity contribution in [2.24, 2.45) is 0 Å². The number of anilines is 1. The fourth-order valence-corrected chi connectivity index (χ4v) is 1.87. The summed E-state index contributed by atoms with van der Waals surface area (Å²) in [6.07, 6.45) is 1.71. The van der Waals surface area contributed by atoms with E-state index in [1.165, 1.54) is 0 Å². The molecule has 0 spiro atoms. The first-order valence-corrected chi connectivity index (χ1v) is 6.06. The fourth-order valence-electron chi connectivity index (χ4n) is 1.87. The monoisotopic (exact) mass is 250 g/mol. The van der Waals surface area contributed by atoms with Crippen LogP contribution in [0.25, 0.3) is 0 Å². The maximum absolute atomic E-state index is 11.3. The molecule has 6 nitrogen and oxygen atoms in total. The number of ether oxygens (including phenoxy) is 1. The maximum Gasteiger partial charge on any atom is 0.222 e. The van der Waals surface area contributed by atoms with Gasteiger partial charge in [0.15, 0.2) is 0 Å². The molecule has 98 valence electrons. The van der Waals surface area contributed by atoms with Crippen molar-refractivity contribution in [2.75, 3.05) is 31.6 Å². The van der Waals surface area contributed by atoms with Gasteiger partial charge in [0.25, 0.3) is 0 Å². The van der Waals surface area contributed by atoms with E-state index in [0.29, 0.717) is 32.2 Å². The van der Waals surface area contributed by atoms with Gasteiger partial charge in [0.2, 0.25) is 11.9 Å². The lowest BCUT2D eigenvalue weighted by Gasteiger charge is -2.32. The van der Waals surface area contributed by atoms with Gasteiger partial charge in [0.1, 0.15) is 0 Å². The molecular formula is C12H18N4O2. The molecule has 0 radical (unpaired) electrons. The Labute approximate surface area is 106 Å². The summed E-state index contributed by atoms with van der Waals surface area (Å²) in [5.41, 5.74) is 0.919. The number of amides is 1. The lowest BCUT2D eigenvalue weighted by Crippen LogP contribution is -2.47. The van der Waals surface area contributed by atoms with Gasteiger partial charge in [-0.3, -0.25) is 4.79 Å². The van der Waals surface area contributed by atoms with Crippen LogP contribution in [0, 0.1) is 6.92 Å². The van der Waals surface area contributed by atoms with Crippen molar-refractivity contribution in [3.05, 3.63) is 18.0 Å². The molecule has 0 aliphatic carbocycles. The Balaban J connectivity index is 1.84. The van der Waals surface area contributed by atoms with Gasteiger partial charge in [0.05, 0.1) is 12.7 Å². The van der Waals surface area contributed by atoms with Gasteiger partial charge in [-0.05, 0) is 13.0 Å². The van der Waals surface area contributed by atoms with Crippen molar-refractivity contribution in [1.82, 2.24) is 14.9 Å². The van der Waals surface area contributed by atoms with Crippen LogP contribution in [-0.4, -0.2) is 53.1 Å². The van der Waals surface area contributed by atoms with Gasteiger partial charge in [0, 0.05) is 38.4 Å². The molecule has 1 aromatic rings. The zero-order valence-corrected chi connectivity index (χ0v) is 10.7. The second-order valence-corrected chi connectivity index (χ2v) is 4.36. The molecule has 0 bridgehead atoms. The minimum absolute atomic E-state index is 0.00763. The topological polar surface area (TPSA) is 67.3 Å². The van der Waals surface area contributed by atoms with E-state index in [2.05, 4.69) is 15.3 Å². The molecule has 1 unspecified atom stereocenters. The first-order chi connectivity index (χ1) is 8.65. The zero-order valence-electron chi connectivity index (χ0n) is 10.7. The smallest absolute Gasteiger partial charge is 0.222 e. The Morgan fingerprint density at radius 1 is 1.67 bits per heavy atom. The average molecular weight is 250 g/mol. The normalized spacial score (nSPS) is 19.7. The Hall–Kier alpha value is -1.69. The number of rotatable bonds is 3. The molecule has 1 fully saturated rings. The molecule has 0 saturated carbocycles. The molecule has 6 heteroatoms. The predicted octanol–water partition coefficient (Wildman–Crippen LogP) is 0.444. The molecule has 0 aromatic carbocycles. The minimum Gasteiger partial charge on any atom is -0.373 e. The lowest BCUT2D eigenvalue weighted by molar-refractivity contribution is -0.135. The van der Waals surface area contributed by atoms with Crippen molar-refractivity contribution in [3.8, 4) is 0 Å². The number of aromatic nitrogens is 2. The third kappa shape index (κ3) is 3.40. The highest BCUT2D eigenvalue weighted by atomic mass is 16.5. The Morgan fingerprint density at radius 3 is 3.22 bits per heavy atom. The molecule has 1 saturated heterocycles. The standard InChI is InChI=1S/C12H18N4O2/c1-9-3-4-13-12(15-9)14-7-11-8-16(10(2)17)5-6-18-11/h3-4,11H,5-8H2,1-2H3,(H,13,14,15). The van der Waals surface area contributed by atoms with Crippen molar-refractivity contribution < 1.29 is 9.53 Å². The summed E-state index contributed by atoms with van der Waals surface area (Å²) >= 11 is 0. The molecule has 1 aliphatic heterocycles. The molecule has 1 amide bonds. The van der Waals surface area contributed by atoms with Gasteiger partial charge in [-0.25, -0.2) is 9.97 Å². The van der Waals surface area contributed by atoms with E-state index in [4.69, 9.17) is 4.74 Å². The van der Waals surface area contributed by atoms with Gasteiger partial charge in [-0.15, -0.1) is 0 Å². The number of morpholine rings is 1. The predicted molar refractivity (Wildman–Crippen MR) is 67.3 cm³/mol. The highest BCUT2D eigenvalue weighted by Gasteiger charge is 2.21. The van der Waals surface area contributed by atoms with Gasteiger partial charge >= 0.3 is 0 Å². The summed E-state index contributed by atoms with van der Waals surface area (Å²) < 4.78 is 5.60. The zero-order chi connectivity index (χ0) is 13.0. The molecule has 1 aromatic heterocycles. The summed E-state index contributed by atoms with van der Waals surface area (Å²) in [5.74, 6) is 0.689. The largest absolute Gasteiger partial charge is 0.373 e. The van der Waals surface area contributed by atoms with Crippen molar-refractivity contribution in [2.45, 2.75) is 20.0 Å². The number of nitrogens with zero attached hydrogens (tertiary/aromatic N) is 3. The lowest BCUT2D eigenvalue weighted by atomic mass is 10.2. The van der Waals surface area contributed by atoms with Crippen molar-refractivity contribution in [1.29, 1.82) is 0 Å². The average Bonchev–Trinajstić information content (AvgIpc) is 2.37. The number of carbonyl (C=O) groups is 1. The van der Waals surface area contributed by atoms with Crippen LogP contribution in [0.15, 0.2) is 12.3 Å². The third-order valence-corrected chi connectivity index (χ3v) is 2.87. The number of aryl methyl sites for hydroxylation is 1. The second-order valence-electron chi connectivity index (χ2n) is 4.36. The number of nitrogens with one attached hydrogen (secondary N) is 1. The second kappa shape index (κ2) is 5.77. The van der Waals surface area contributed by atoms with E-state index >= 15 is 0 Å². The van der Waals surface area contributed by atoms with Gasteiger partial charge < -0.3 is 15.0 Å². The van der Waals surface area contributed by atoms with E-state index < -0.39 is 0 Å². The van der Waals surface area contributed by atoms with E-state index in [-0.39, 0.29) is 12.0 Å². The molecule has 2 heterocycles. The van der Waals surface area contributed by atoms with Crippen LogP contribution in [0.5, 0.6) is 0 Å². The minimum atomic E-state index is -0.00763. The molecule has 1 atom stereocenters. The van der Waals surface area contributed by atoms with E-state index in [1.807, 2.05) is 13.0 Å². The Kier molecular flexibility index (Phi) is 4.09. The van der Waals surface area contributed by atoms with Gasteiger partial charge in [-0.1, -0.05) is 0 Å². The molecule has 1 N–H and O–H groups in total. The maximum atomic E-state index is 11.3. The number of carbonyl (C=O) groups excluding carboxylic acids is 1. The molecular weight excluding hydrogens is 232 g/mol. The van der Waals surface area contributed by atoms with Gasteiger partial charge in [-0.2, -0.15) is 0 Å². The SMILES string of the molecule is CC(=O)N1CCOC(CNc2nccc(C)n2)C1. The van der Waals surface area contributed by atoms with E-state index in [1.54, 1.807) is 18.0 Å². The highest BCUT2D eigenvalue weighted by Crippen LogP contribution is 2.07. The third-order valence-electron chi connectivity index (χ3n) is 2.87. The first kappa shape index (κ1) is 12.8. The molecule has 2 rings (SSSR count). The van der Waals surface area contributed by atoms with Crippen LogP contribution < -0.4 is 5.32 Å². The van der Waals surface area contributed by atoms with Crippen LogP contribution in [-0.2, 0) is 9.53 Å². The quantitative estimate of drug-likeness (QED) is 0.843. The fraction of sp³-hybridized carbons (Fsp3) is 0.583. The molecule has 1 aliphatic rings. The summed E-state index contributed by atoms with van der Waals surface area (Å²) in [6, 6.07) is 1.85. The number of hydrogen-bond donors (Lipinski definition) is 1. The number of hydrogen-bond acceptors (Lipinski definition) is 5. The van der Waals surface area contributed by atoms with Crippen molar-refractivity contribution >= 4 is 11.9 Å². The van der Waals surface area contributed by atoms with Crippen LogP contribution >= 0.6 is 0 Å². The molecule has 18 heavy (non-hydrogen) atoms. The Morgan fingerprint density at radius 2 is 2.50 bits per heavy atom. The summed E-state index contributed by atoms with van der Waals surface area (Å²) in [4.78, 5) is 21.5. The Bertz CT molecular complexity index is 424. The van der Waals surface area contributed by atoms with E-state index in [0.717, 1.165) is 5.69 Å². The first-order valence-electron chi connectivity index (χ1n) is 6.06. The van der Waals surface area contributed by atoms with Crippen LogP contribution in [0.3, 0.4) is 0 Å². The summed E-state index contributed by atoms with van der Waals surface area (Å²) in [5, 5.41) is 3.13. The van der Waals surface area contributed by atoms with Crippen LogP contribution in [0.2, 0.25) is 0 Å². The van der Waals surface area contributed by atoms with Crippen LogP contribution in [0.4, 0.5) is 5.95 Å². The van der Waals surface area contributed by atoms with E-state index in [9.17, 15) is 4.79 Å². The summed E-state index contributed by atoms with van der Waals surface area (Å²) in [7, 11) is 0. The van der Waals surface area contributed by atoms with Crippen LogP contribution in [0.1, 0.15) is 12.6 Å². The summed E-state index contributed by atoms with van der Waals surface area (Å²) in [6.45, 7) is 5.98. The van der Waals surface area contributed by atoms with Crippen molar-refractivity contribution in [3.63, 3.8) is 0 Å². The highest BCUT2D eigenvalue weighted by molar-refractivity contribution is 5.73.